The molecule has 0 heterocycles. The van der Waals surface area contributed by atoms with Crippen molar-refractivity contribution in [2.45, 2.75) is 32.5 Å². The highest BCUT2D eigenvalue weighted by atomic mass is 19.4. The molecule has 0 spiro atoms. The minimum Gasteiger partial charge on any atom is -0.330 e. The lowest BCUT2D eigenvalue weighted by Gasteiger charge is -2.26. The average Bonchev–Trinajstić information content (AvgIpc) is 2.42. The van der Waals surface area contributed by atoms with Crippen LogP contribution in [0.4, 0.5) is 27.6 Å². The minimum absolute atomic E-state index is 0.281. The maximum Gasteiger partial charge on any atom is 0.416 e. The number of hydrogen-bond acceptors (Lipinski definition) is 3. The second-order valence-corrected chi connectivity index (χ2v) is 4.97. The summed E-state index contributed by atoms with van der Waals surface area (Å²) in [5, 5.41) is 10.7. The van der Waals surface area contributed by atoms with Crippen LogP contribution in [0.25, 0.3) is 0 Å². The van der Waals surface area contributed by atoms with E-state index in [0.717, 1.165) is 0 Å². The van der Waals surface area contributed by atoms with Crippen LogP contribution in [-0.4, -0.2) is 34.7 Å². The van der Waals surface area contributed by atoms with E-state index >= 15 is 0 Å². The molecule has 0 bridgehead atoms. The third kappa shape index (κ3) is 4.86. The molecule has 0 aliphatic heterocycles. The van der Waals surface area contributed by atoms with Gasteiger partial charge in [-0.1, -0.05) is 0 Å². The lowest BCUT2D eigenvalue weighted by atomic mass is 10.1. The number of nitro groups is 1. The van der Waals surface area contributed by atoms with Crippen molar-refractivity contribution in [2.24, 2.45) is 0 Å². The van der Waals surface area contributed by atoms with Crippen LogP contribution in [0.3, 0.4) is 0 Å². The van der Waals surface area contributed by atoms with Gasteiger partial charge in [-0.25, -0.2) is 8.78 Å². The highest BCUT2D eigenvalue weighted by Crippen LogP contribution is 2.33. The maximum atomic E-state index is 12.8. The number of hydrogen-bond donors (Lipinski definition) is 0. The zero-order valence-corrected chi connectivity index (χ0v) is 12.1. The highest BCUT2D eigenvalue weighted by molar-refractivity contribution is 5.95. The van der Waals surface area contributed by atoms with Crippen molar-refractivity contribution in [1.82, 2.24) is 4.90 Å². The van der Waals surface area contributed by atoms with Crippen molar-refractivity contribution in [3.05, 3.63) is 39.4 Å². The normalized spacial score (nSPS) is 11.9. The summed E-state index contributed by atoms with van der Waals surface area (Å²) in [4.78, 5) is 22.5. The number of carbonyl (C=O) groups excluding carboxylic acids is 1. The Hall–Kier alpha value is -2.26. The molecular weight excluding hydrogens is 327 g/mol. The van der Waals surface area contributed by atoms with E-state index < -0.39 is 52.8 Å². The van der Waals surface area contributed by atoms with Crippen molar-refractivity contribution in [2.75, 3.05) is 6.54 Å². The Bertz CT molecular complexity index is 602. The smallest absolute Gasteiger partial charge is 0.330 e. The second-order valence-electron chi connectivity index (χ2n) is 4.97. The van der Waals surface area contributed by atoms with Crippen molar-refractivity contribution < 1.29 is 31.7 Å². The lowest BCUT2D eigenvalue weighted by molar-refractivity contribution is -0.385. The topological polar surface area (TPSA) is 63.5 Å². The van der Waals surface area contributed by atoms with Crippen LogP contribution in [0.1, 0.15) is 29.8 Å². The Balaban J connectivity index is 3.36. The van der Waals surface area contributed by atoms with Crippen molar-refractivity contribution in [1.29, 1.82) is 0 Å². The third-order valence-electron chi connectivity index (χ3n) is 2.92. The predicted octanol–water partition coefficient (Wildman–Crippen LogP) is 3.73. The molecule has 0 unspecified atom stereocenters. The number of benzene rings is 1. The molecule has 128 valence electrons. The fourth-order valence-electron chi connectivity index (χ4n) is 1.85. The number of rotatable bonds is 5. The van der Waals surface area contributed by atoms with Gasteiger partial charge in [0.15, 0.2) is 0 Å². The van der Waals surface area contributed by atoms with Gasteiger partial charge in [0.2, 0.25) is 0 Å². The van der Waals surface area contributed by atoms with Crippen LogP contribution in [0.2, 0.25) is 0 Å². The summed E-state index contributed by atoms with van der Waals surface area (Å²) in [6, 6.07) is 0.614. The third-order valence-corrected chi connectivity index (χ3v) is 2.92. The molecule has 0 fully saturated rings. The zero-order valence-electron chi connectivity index (χ0n) is 12.1. The molecule has 5 nitrogen and oxygen atoms in total. The molecule has 0 aliphatic carbocycles. The first kappa shape index (κ1) is 18.8. The maximum absolute atomic E-state index is 12.8. The Labute approximate surface area is 127 Å². The lowest BCUT2D eigenvalue weighted by Crippen LogP contribution is -2.40. The van der Waals surface area contributed by atoms with Gasteiger partial charge in [0, 0.05) is 23.7 Å². The second kappa shape index (κ2) is 6.88. The van der Waals surface area contributed by atoms with Gasteiger partial charge in [0.05, 0.1) is 17.0 Å². The molecule has 23 heavy (non-hydrogen) atoms. The number of carbonyl (C=O) groups is 1. The van der Waals surface area contributed by atoms with Crippen molar-refractivity contribution >= 4 is 11.6 Å². The van der Waals surface area contributed by atoms with E-state index in [1.54, 1.807) is 0 Å². The Kier molecular flexibility index (Phi) is 5.62. The van der Waals surface area contributed by atoms with Gasteiger partial charge in [0.25, 0.3) is 18.0 Å². The molecule has 10 heteroatoms. The van der Waals surface area contributed by atoms with Crippen LogP contribution in [0.5, 0.6) is 0 Å². The highest BCUT2D eigenvalue weighted by Gasteiger charge is 2.34. The fourth-order valence-corrected chi connectivity index (χ4v) is 1.85. The standard InChI is InChI=1S/C13H13F5N2O3/c1-7(2)19(6-11(14)15)12(21)8-3-9(13(16,17)18)5-10(4-8)20(22)23/h3-5,7,11H,6H2,1-2H3. The van der Waals surface area contributed by atoms with E-state index in [1.807, 2.05) is 0 Å². The SMILES string of the molecule is CC(C)N(CC(F)F)C(=O)c1cc([N+](=O)[O-])cc(C(F)(F)F)c1. The van der Waals surface area contributed by atoms with Crippen LogP contribution in [-0.2, 0) is 6.18 Å². The van der Waals surface area contributed by atoms with E-state index in [9.17, 15) is 36.9 Å². The van der Waals surface area contributed by atoms with Gasteiger partial charge < -0.3 is 4.90 Å². The van der Waals surface area contributed by atoms with Gasteiger partial charge in [0.1, 0.15) is 0 Å². The van der Waals surface area contributed by atoms with E-state index in [-0.39, 0.29) is 6.07 Å². The summed E-state index contributed by atoms with van der Waals surface area (Å²) in [5.74, 6) is -1.13. The number of halogens is 5. The van der Waals surface area contributed by atoms with Crippen LogP contribution >= 0.6 is 0 Å². The molecular formula is C13H13F5N2O3. The van der Waals surface area contributed by atoms with Gasteiger partial charge in [-0.2, -0.15) is 13.2 Å². The molecule has 1 aromatic rings. The minimum atomic E-state index is -4.91. The van der Waals surface area contributed by atoms with E-state index in [4.69, 9.17) is 0 Å². The first-order chi connectivity index (χ1) is 10.4. The molecule has 1 amide bonds. The average molecular weight is 340 g/mol. The predicted molar refractivity (Wildman–Crippen MR) is 70.3 cm³/mol. The molecule has 0 saturated carbocycles. The number of alkyl halides is 5. The number of non-ortho nitro benzene ring substituents is 1. The molecule has 0 atom stereocenters. The first-order valence-electron chi connectivity index (χ1n) is 6.39. The zero-order chi connectivity index (χ0) is 17.9. The molecule has 0 N–H and O–H groups in total. The Morgan fingerprint density at radius 3 is 2.22 bits per heavy atom. The Morgan fingerprint density at radius 1 is 1.26 bits per heavy atom. The summed E-state index contributed by atoms with van der Waals surface area (Å²) >= 11 is 0. The summed E-state index contributed by atoms with van der Waals surface area (Å²) in [6.45, 7) is 1.82. The van der Waals surface area contributed by atoms with E-state index in [2.05, 4.69) is 0 Å². The summed E-state index contributed by atoms with van der Waals surface area (Å²) < 4.78 is 63.4. The first-order valence-corrected chi connectivity index (χ1v) is 6.39. The Morgan fingerprint density at radius 2 is 1.83 bits per heavy atom. The summed E-state index contributed by atoms with van der Waals surface area (Å²) in [6.07, 6.45) is -7.80. The van der Waals surface area contributed by atoms with Gasteiger partial charge in [-0.15, -0.1) is 0 Å². The molecule has 0 aromatic heterocycles. The largest absolute Gasteiger partial charge is 0.416 e. The van der Waals surface area contributed by atoms with E-state index in [1.165, 1.54) is 13.8 Å². The van der Waals surface area contributed by atoms with Gasteiger partial charge in [-0.05, 0) is 19.9 Å². The summed E-state index contributed by atoms with van der Waals surface area (Å²) in [7, 11) is 0. The van der Waals surface area contributed by atoms with Crippen LogP contribution < -0.4 is 0 Å². The number of nitro benzene ring substituents is 1. The van der Waals surface area contributed by atoms with E-state index in [0.29, 0.717) is 17.0 Å². The van der Waals surface area contributed by atoms with Crippen LogP contribution in [0.15, 0.2) is 18.2 Å². The van der Waals surface area contributed by atoms with Crippen molar-refractivity contribution in [3.8, 4) is 0 Å². The van der Waals surface area contributed by atoms with Gasteiger partial charge in [-0.3, -0.25) is 14.9 Å². The van der Waals surface area contributed by atoms with Crippen LogP contribution in [0, 0.1) is 10.1 Å². The monoisotopic (exact) mass is 340 g/mol. The number of amides is 1. The molecule has 0 saturated heterocycles. The summed E-state index contributed by atoms with van der Waals surface area (Å²) in [5.41, 5.74) is -3.00. The van der Waals surface area contributed by atoms with Crippen molar-refractivity contribution in [3.63, 3.8) is 0 Å². The molecule has 1 rings (SSSR count). The molecule has 1 aromatic carbocycles. The quantitative estimate of drug-likeness (QED) is 0.466. The molecule has 0 radical (unpaired) electrons. The molecule has 0 aliphatic rings. The van der Waals surface area contributed by atoms with Gasteiger partial charge >= 0.3 is 6.18 Å². The fraction of sp³-hybridized carbons (Fsp3) is 0.462. The number of nitrogens with zero attached hydrogens (tertiary/aromatic N) is 2.